The van der Waals surface area contributed by atoms with Crippen molar-refractivity contribution in [1.82, 2.24) is 5.32 Å². The minimum Gasteiger partial charge on any atom is -0.456 e. The van der Waals surface area contributed by atoms with Gasteiger partial charge in [-0.05, 0) is 29.2 Å². The lowest BCUT2D eigenvalue weighted by molar-refractivity contribution is -0.148. The summed E-state index contributed by atoms with van der Waals surface area (Å²) < 4.78 is 6.14. The number of ether oxygens (including phenoxy) is 1. The molecule has 0 unspecified atom stereocenters. The van der Waals surface area contributed by atoms with Crippen LogP contribution in [0, 0.1) is 5.92 Å². The highest BCUT2D eigenvalue weighted by Gasteiger charge is 2.31. The molecule has 170 valence electrons. The Balaban J connectivity index is 1.73. The van der Waals surface area contributed by atoms with E-state index in [9.17, 15) is 14.4 Å². The summed E-state index contributed by atoms with van der Waals surface area (Å²) in [6.07, 6.45) is 0. The molecule has 3 aromatic carbocycles. The van der Waals surface area contributed by atoms with Gasteiger partial charge in [0.25, 0.3) is 0 Å². The van der Waals surface area contributed by atoms with Gasteiger partial charge in [0.2, 0.25) is 5.91 Å². The number of rotatable bonds is 9. The van der Waals surface area contributed by atoms with Crippen molar-refractivity contribution in [3.8, 4) is 0 Å². The van der Waals surface area contributed by atoms with Crippen molar-refractivity contribution < 1.29 is 19.1 Å². The van der Waals surface area contributed by atoms with Gasteiger partial charge in [-0.15, -0.1) is 0 Å². The zero-order valence-corrected chi connectivity index (χ0v) is 20.1. The average Bonchev–Trinajstić information content (AvgIpc) is 2.82. The molecule has 0 fully saturated rings. The molecular weight excluding hydrogens is 482 g/mol. The predicted octanol–water partition coefficient (Wildman–Crippen LogP) is 5.15. The van der Waals surface area contributed by atoms with Crippen LogP contribution in [0.2, 0.25) is 0 Å². The number of carbonyl (C=O) groups is 3. The molecule has 0 saturated carbocycles. The maximum atomic E-state index is 13.4. The quantitative estimate of drug-likeness (QED) is 0.321. The van der Waals surface area contributed by atoms with Crippen molar-refractivity contribution in [2.75, 3.05) is 6.61 Å². The summed E-state index contributed by atoms with van der Waals surface area (Å²) in [6, 6.07) is 24.8. The second-order valence-corrected chi connectivity index (χ2v) is 8.94. The van der Waals surface area contributed by atoms with Gasteiger partial charge in [-0.1, -0.05) is 103 Å². The van der Waals surface area contributed by atoms with Gasteiger partial charge in [0.15, 0.2) is 12.4 Å². The first-order chi connectivity index (χ1) is 15.9. The number of ketones is 1. The largest absolute Gasteiger partial charge is 0.456 e. The van der Waals surface area contributed by atoms with Gasteiger partial charge in [-0.25, -0.2) is 4.79 Å². The van der Waals surface area contributed by atoms with E-state index in [0.29, 0.717) is 5.56 Å². The van der Waals surface area contributed by atoms with Gasteiger partial charge in [-0.2, -0.15) is 0 Å². The first-order valence-electron chi connectivity index (χ1n) is 10.7. The van der Waals surface area contributed by atoms with Crippen LogP contribution < -0.4 is 5.32 Å². The molecule has 1 atom stereocenters. The Morgan fingerprint density at radius 1 is 0.818 bits per heavy atom. The number of esters is 1. The van der Waals surface area contributed by atoms with E-state index < -0.39 is 17.9 Å². The van der Waals surface area contributed by atoms with Crippen LogP contribution >= 0.6 is 15.9 Å². The van der Waals surface area contributed by atoms with Crippen molar-refractivity contribution in [3.63, 3.8) is 0 Å². The highest BCUT2D eigenvalue weighted by molar-refractivity contribution is 9.10. The summed E-state index contributed by atoms with van der Waals surface area (Å²) in [4.78, 5) is 38.5. The highest BCUT2D eigenvalue weighted by Crippen LogP contribution is 2.25. The van der Waals surface area contributed by atoms with E-state index in [2.05, 4.69) is 21.2 Å². The zero-order valence-electron chi connectivity index (χ0n) is 18.5. The third-order valence-corrected chi connectivity index (χ3v) is 5.79. The Bertz CT molecular complexity index is 1040. The van der Waals surface area contributed by atoms with Crippen LogP contribution in [0.4, 0.5) is 0 Å². The number of amides is 1. The summed E-state index contributed by atoms with van der Waals surface area (Å²) >= 11 is 3.32. The Morgan fingerprint density at radius 3 is 1.82 bits per heavy atom. The lowest BCUT2D eigenvalue weighted by atomic mass is 9.90. The molecule has 6 heteroatoms. The molecule has 0 heterocycles. The smallest absolute Gasteiger partial charge is 0.329 e. The number of carbonyl (C=O) groups excluding carboxylic acids is 3. The molecule has 0 aliphatic heterocycles. The van der Waals surface area contributed by atoms with Crippen molar-refractivity contribution in [3.05, 3.63) is 106 Å². The van der Waals surface area contributed by atoms with E-state index in [1.165, 1.54) is 0 Å². The van der Waals surface area contributed by atoms with E-state index in [1.807, 2.05) is 74.5 Å². The molecule has 0 spiro atoms. The normalized spacial score (nSPS) is 11.8. The average molecular weight is 508 g/mol. The lowest BCUT2D eigenvalue weighted by Gasteiger charge is -2.24. The number of hydrogen-bond acceptors (Lipinski definition) is 4. The van der Waals surface area contributed by atoms with Gasteiger partial charge in [-0.3, -0.25) is 9.59 Å². The summed E-state index contributed by atoms with van der Waals surface area (Å²) in [7, 11) is 0. The van der Waals surface area contributed by atoms with Gasteiger partial charge in [0.1, 0.15) is 6.04 Å². The van der Waals surface area contributed by atoms with Crippen molar-refractivity contribution in [2.24, 2.45) is 5.92 Å². The summed E-state index contributed by atoms with van der Waals surface area (Å²) in [5.41, 5.74) is 2.09. The number of nitrogens with one attached hydrogen (secondary N) is 1. The van der Waals surface area contributed by atoms with E-state index in [0.717, 1.165) is 15.6 Å². The molecule has 1 amide bonds. The number of hydrogen-bond donors (Lipinski definition) is 1. The maximum absolute atomic E-state index is 13.4. The SMILES string of the molecule is CC(C)[C@H](NC(=O)C(c1ccccc1)c1ccccc1)C(=O)OCC(=O)c1ccc(Br)cc1. The standard InChI is InChI=1S/C27H26BrNO4/c1-18(2)25(27(32)33-17-23(30)19-13-15-22(28)16-14-19)29-26(31)24(20-9-5-3-6-10-20)21-11-7-4-8-12-21/h3-16,18,24-25H,17H2,1-2H3,(H,29,31)/t25-/m0/s1. The van der Waals surface area contributed by atoms with Crippen LogP contribution in [0.1, 0.15) is 41.3 Å². The van der Waals surface area contributed by atoms with E-state index in [-0.39, 0.29) is 24.2 Å². The Labute approximate surface area is 202 Å². The zero-order chi connectivity index (χ0) is 23.8. The first-order valence-corrected chi connectivity index (χ1v) is 11.5. The summed E-state index contributed by atoms with van der Waals surface area (Å²) in [5, 5.41) is 2.85. The van der Waals surface area contributed by atoms with Gasteiger partial charge < -0.3 is 10.1 Å². The lowest BCUT2D eigenvalue weighted by Crippen LogP contribution is -2.47. The molecule has 3 aromatic rings. The van der Waals surface area contributed by atoms with Crippen LogP contribution in [0.3, 0.4) is 0 Å². The molecule has 1 N–H and O–H groups in total. The van der Waals surface area contributed by atoms with Crippen LogP contribution in [-0.4, -0.2) is 30.3 Å². The van der Waals surface area contributed by atoms with Crippen LogP contribution in [0.25, 0.3) is 0 Å². The molecular formula is C27H26BrNO4. The Morgan fingerprint density at radius 2 is 1.33 bits per heavy atom. The molecule has 0 saturated heterocycles. The molecule has 0 bridgehead atoms. The fourth-order valence-corrected chi connectivity index (χ4v) is 3.73. The van der Waals surface area contributed by atoms with E-state index >= 15 is 0 Å². The molecule has 33 heavy (non-hydrogen) atoms. The number of Topliss-reactive ketones (excluding diaryl/α,β-unsaturated/α-hetero) is 1. The van der Waals surface area contributed by atoms with Gasteiger partial charge in [0.05, 0.1) is 5.92 Å². The Hall–Kier alpha value is -3.25. The third-order valence-electron chi connectivity index (χ3n) is 5.26. The van der Waals surface area contributed by atoms with E-state index in [4.69, 9.17) is 4.74 Å². The minimum absolute atomic E-state index is 0.226. The first kappa shape index (κ1) is 24.4. The van der Waals surface area contributed by atoms with Crippen LogP contribution in [0.5, 0.6) is 0 Å². The van der Waals surface area contributed by atoms with Crippen LogP contribution in [0.15, 0.2) is 89.4 Å². The fourth-order valence-electron chi connectivity index (χ4n) is 3.47. The second kappa shape index (κ2) is 11.6. The topological polar surface area (TPSA) is 72.5 Å². The number of halogens is 1. The number of benzene rings is 3. The van der Waals surface area contributed by atoms with E-state index in [1.54, 1.807) is 24.3 Å². The Kier molecular flexibility index (Phi) is 8.55. The summed E-state index contributed by atoms with van der Waals surface area (Å²) in [6.45, 7) is 3.26. The summed E-state index contributed by atoms with van der Waals surface area (Å²) in [5.74, 6) is -2.05. The van der Waals surface area contributed by atoms with Gasteiger partial charge >= 0.3 is 5.97 Å². The maximum Gasteiger partial charge on any atom is 0.329 e. The molecule has 0 radical (unpaired) electrons. The minimum atomic E-state index is -0.884. The van der Waals surface area contributed by atoms with Crippen molar-refractivity contribution in [1.29, 1.82) is 0 Å². The monoisotopic (exact) mass is 507 g/mol. The molecule has 3 rings (SSSR count). The molecule has 0 aliphatic rings. The molecule has 5 nitrogen and oxygen atoms in total. The van der Waals surface area contributed by atoms with Crippen LogP contribution in [-0.2, 0) is 14.3 Å². The van der Waals surface area contributed by atoms with Crippen molar-refractivity contribution >= 4 is 33.6 Å². The fraction of sp³-hybridized carbons (Fsp3) is 0.222. The molecule has 0 aliphatic carbocycles. The highest BCUT2D eigenvalue weighted by atomic mass is 79.9. The second-order valence-electron chi connectivity index (χ2n) is 8.02. The van der Waals surface area contributed by atoms with Gasteiger partial charge in [0, 0.05) is 10.0 Å². The molecule has 0 aromatic heterocycles. The predicted molar refractivity (Wildman–Crippen MR) is 131 cm³/mol. The third kappa shape index (κ3) is 6.62. The van der Waals surface area contributed by atoms with Crippen molar-refractivity contribution in [2.45, 2.75) is 25.8 Å².